The van der Waals surface area contributed by atoms with Crippen molar-refractivity contribution in [1.82, 2.24) is 20.4 Å². The van der Waals surface area contributed by atoms with E-state index in [2.05, 4.69) is 20.4 Å². The Bertz CT molecular complexity index is 845. The highest BCUT2D eigenvalue weighted by molar-refractivity contribution is 5.78. The molecule has 3 aromatic rings. The van der Waals surface area contributed by atoms with Gasteiger partial charge in [0.05, 0.1) is 6.42 Å². The number of carbonyl (C=O) groups excluding carboxylic acids is 1. The van der Waals surface area contributed by atoms with Gasteiger partial charge in [-0.1, -0.05) is 42.4 Å². The second kappa shape index (κ2) is 7.70. The van der Waals surface area contributed by atoms with E-state index in [9.17, 15) is 4.79 Å². The summed E-state index contributed by atoms with van der Waals surface area (Å²) in [6.45, 7) is 3.87. The zero-order valence-electron chi connectivity index (χ0n) is 14.3. The maximum atomic E-state index is 12.3. The molecule has 0 saturated carbocycles. The van der Waals surface area contributed by atoms with Gasteiger partial charge in [0.1, 0.15) is 6.04 Å². The Labute approximate surface area is 146 Å². The van der Waals surface area contributed by atoms with Crippen LogP contribution in [0.1, 0.15) is 36.5 Å². The van der Waals surface area contributed by atoms with Crippen molar-refractivity contribution in [2.45, 2.75) is 32.7 Å². The highest BCUT2D eigenvalue weighted by atomic mass is 16.5. The van der Waals surface area contributed by atoms with Crippen molar-refractivity contribution in [3.05, 3.63) is 65.8 Å². The molecular weight excluding hydrogens is 316 g/mol. The predicted molar refractivity (Wildman–Crippen MR) is 93.6 cm³/mol. The molecule has 0 bridgehead atoms. The van der Waals surface area contributed by atoms with E-state index < -0.39 is 0 Å². The van der Waals surface area contributed by atoms with E-state index in [4.69, 9.17) is 4.52 Å². The van der Waals surface area contributed by atoms with Gasteiger partial charge in [-0.15, -0.1) is 0 Å². The van der Waals surface area contributed by atoms with Crippen molar-refractivity contribution < 1.29 is 9.32 Å². The van der Waals surface area contributed by atoms with Crippen LogP contribution in [0.2, 0.25) is 0 Å². The number of pyridine rings is 1. The van der Waals surface area contributed by atoms with Gasteiger partial charge in [0.15, 0.2) is 0 Å². The van der Waals surface area contributed by atoms with Gasteiger partial charge < -0.3 is 9.84 Å². The second-order valence-corrected chi connectivity index (χ2v) is 5.83. The normalized spacial score (nSPS) is 11.9. The Hall–Kier alpha value is -3.02. The molecule has 1 atom stereocenters. The molecule has 0 fully saturated rings. The van der Waals surface area contributed by atoms with Crippen LogP contribution in [0.15, 0.2) is 53.2 Å². The third-order valence-electron chi connectivity index (χ3n) is 3.85. The lowest BCUT2D eigenvalue weighted by molar-refractivity contribution is -0.121. The van der Waals surface area contributed by atoms with Crippen LogP contribution >= 0.6 is 0 Å². The Balaban J connectivity index is 1.70. The molecule has 0 aliphatic rings. The van der Waals surface area contributed by atoms with Crippen molar-refractivity contribution >= 4 is 5.91 Å². The minimum Gasteiger partial charge on any atom is -0.344 e. The Morgan fingerprint density at radius 2 is 2.04 bits per heavy atom. The maximum Gasteiger partial charge on any atom is 0.249 e. The first kappa shape index (κ1) is 16.8. The molecule has 2 heterocycles. The molecule has 0 unspecified atom stereocenters. The first-order chi connectivity index (χ1) is 12.2. The lowest BCUT2D eigenvalue weighted by Crippen LogP contribution is -2.29. The van der Waals surface area contributed by atoms with Crippen LogP contribution < -0.4 is 5.32 Å². The summed E-state index contributed by atoms with van der Waals surface area (Å²) >= 11 is 0. The number of rotatable bonds is 6. The summed E-state index contributed by atoms with van der Waals surface area (Å²) in [6.07, 6.45) is 2.69. The zero-order chi connectivity index (χ0) is 17.6. The molecule has 0 aliphatic heterocycles. The summed E-state index contributed by atoms with van der Waals surface area (Å²) in [6, 6.07) is 13.0. The fraction of sp³-hybridized carbons (Fsp3) is 0.263. The first-order valence-corrected chi connectivity index (χ1v) is 8.25. The largest absolute Gasteiger partial charge is 0.344 e. The topological polar surface area (TPSA) is 80.9 Å². The fourth-order valence-electron chi connectivity index (χ4n) is 2.54. The van der Waals surface area contributed by atoms with Gasteiger partial charge in [0.2, 0.25) is 17.6 Å². The Morgan fingerprint density at radius 1 is 1.24 bits per heavy atom. The number of carbonyl (C=O) groups is 1. The highest BCUT2D eigenvalue weighted by Crippen LogP contribution is 2.20. The van der Waals surface area contributed by atoms with Gasteiger partial charge in [0, 0.05) is 17.5 Å². The maximum absolute atomic E-state index is 12.3. The van der Waals surface area contributed by atoms with Crippen LogP contribution in [0, 0.1) is 6.92 Å². The smallest absolute Gasteiger partial charge is 0.249 e. The Morgan fingerprint density at radius 3 is 2.76 bits per heavy atom. The molecule has 128 valence electrons. The number of aryl methyl sites for hydroxylation is 1. The molecule has 0 spiro atoms. The van der Waals surface area contributed by atoms with Crippen molar-refractivity contribution in [2.24, 2.45) is 0 Å². The van der Waals surface area contributed by atoms with E-state index in [1.165, 1.54) is 0 Å². The minimum atomic E-state index is -0.305. The number of nitrogens with one attached hydrogen (secondary N) is 1. The molecule has 3 rings (SSSR count). The molecule has 0 aliphatic carbocycles. The van der Waals surface area contributed by atoms with Gasteiger partial charge in [0.25, 0.3) is 0 Å². The highest BCUT2D eigenvalue weighted by Gasteiger charge is 2.20. The van der Waals surface area contributed by atoms with Crippen LogP contribution in [0.5, 0.6) is 0 Å². The molecule has 25 heavy (non-hydrogen) atoms. The van der Waals surface area contributed by atoms with Gasteiger partial charge >= 0.3 is 0 Å². The Kier molecular flexibility index (Phi) is 5.18. The van der Waals surface area contributed by atoms with E-state index in [0.29, 0.717) is 24.6 Å². The SMILES string of the molecule is CC[C@H](NC(=O)Cc1ccccc1)c1nc(-c2ccnc(C)c2)no1. The monoisotopic (exact) mass is 336 g/mol. The number of hydrogen-bond acceptors (Lipinski definition) is 5. The quantitative estimate of drug-likeness (QED) is 0.747. The van der Waals surface area contributed by atoms with Gasteiger partial charge in [-0.25, -0.2) is 0 Å². The molecule has 1 amide bonds. The van der Waals surface area contributed by atoms with Crippen LogP contribution in [-0.2, 0) is 11.2 Å². The second-order valence-electron chi connectivity index (χ2n) is 5.83. The average Bonchev–Trinajstić information content (AvgIpc) is 3.10. The van der Waals surface area contributed by atoms with E-state index in [1.807, 2.05) is 56.3 Å². The fourth-order valence-corrected chi connectivity index (χ4v) is 2.54. The summed E-state index contributed by atoms with van der Waals surface area (Å²) in [5, 5.41) is 6.98. The lowest BCUT2D eigenvalue weighted by atomic mass is 10.1. The summed E-state index contributed by atoms with van der Waals surface area (Å²) in [7, 11) is 0. The first-order valence-electron chi connectivity index (χ1n) is 8.25. The van der Waals surface area contributed by atoms with Gasteiger partial charge in [-0.2, -0.15) is 4.98 Å². The third-order valence-corrected chi connectivity index (χ3v) is 3.85. The van der Waals surface area contributed by atoms with E-state index >= 15 is 0 Å². The zero-order valence-corrected chi connectivity index (χ0v) is 14.3. The van der Waals surface area contributed by atoms with E-state index in [0.717, 1.165) is 16.8 Å². The third kappa shape index (κ3) is 4.29. The minimum absolute atomic E-state index is 0.0717. The summed E-state index contributed by atoms with van der Waals surface area (Å²) in [5.74, 6) is 0.835. The van der Waals surface area contributed by atoms with Crippen molar-refractivity contribution in [1.29, 1.82) is 0 Å². The number of benzene rings is 1. The van der Waals surface area contributed by atoms with E-state index in [1.54, 1.807) is 6.20 Å². The molecule has 6 nitrogen and oxygen atoms in total. The molecule has 1 aromatic carbocycles. The predicted octanol–water partition coefficient (Wildman–Crippen LogP) is 3.25. The average molecular weight is 336 g/mol. The van der Waals surface area contributed by atoms with Gasteiger partial charge in [-0.05, 0) is 31.0 Å². The van der Waals surface area contributed by atoms with Crippen LogP contribution in [0.4, 0.5) is 0 Å². The summed E-state index contributed by atoms with van der Waals surface area (Å²) < 4.78 is 5.37. The molecule has 1 N–H and O–H groups in total. The lowest BCUT2D eigenvalue weighted by Gasteiger charge is -2.12. The van der Waals surface area contributed by atoms with Crippen molar-refractivity contribution in [3.8, 4) is 11.4 Å². The number of hydrogen-bond donors (Lipinski definition) is 1. The standard InChI is InChI=1S/C19H20N4O2/c1-3-16(21-17(24)12-14-7-5-4-6-8-14)19-22-18(23-25-19)15-9-10-20-13(2)11-15/h4-11,16H,3,12H2,1-2H3,(H,21,24)/t16-/m0/s1. The molecule has 0 radical (unpaired) electrons. The number of nitrogens with zero attached hydrogens (tertiary/aromatic N) is 3. The van der Waals surface area contributed by atoms with Crippen molar-refractivity contribution in [3.63, 3.8) is 0 Å². The van der Waals surface area contributed by atoms with E-state index in [-0.39, 0.29) is 11.9 Å². The molecular formula is C19H20N4O2. The summed E-state index contributed by atoms with van der Waals surface area (Å²) in [4.78, 5) is 20.9. The van der Waals surface area contributed by atoms with Gasteiger partial charge in [-0.3, -0.25) is 9.78 Å². The van der Waals surface area contributed by atoms with Crippen LogP contribution in [-0.4, -0.2) is 21.0 Å². The molecule has 2 aromatic heterocycles. The molecule has 0 saturated heterocycles. The summed E-state index contributed by atoms with van der Waals surface area (Å²) in [5.41, 5.74) is 2.69. The number of amides is 1. The van der Waals surface area contributed by atoms with Crippen LogP contribution in [0.25, 0.3) is 11.4 Å². The molecule has 6 heteroatoms. The van der Waals surface area contributed by atoms with Crippen molar-refractivity contribution in [2.75, 3.05) is 0 Å². The van der Waals surface area contributed by atoms with Crippen LogP contribution in [0.3, 0.4) is 0 Å². The number of aromatic nitrogens is 3.